The van der Waals surface area contributed by atoms with Gasteiger partial charge in [-0.15, -0.1) is 0 Å². The van der Waals surface area contributed by atoms with Gasteiger partial charge in [0.15, 0.2) is 5.65 Å². The SMILES string of the molecule is Cc1cc2nc(C)c(CCC(=O)N3CC[NH+](Cc4ccc(Cl)cc4)CC3)c(C)n2n1. The molecule has 0 atom stereocenters. The van der Waals surface area contributed by atoms with E-state index in [-0.39, 0.29) is 5.91 Å². The van der Waals surface area contributed by atoms with Gasteiger partial charge in [0.25, 0.3) is 0 Å². The molecule has 0 unspecified atom stereocenters. The zero-order valence-electron chi connectivity index (χ0n) is 17.9. The van der Waals surface area contributed by atoms with Crippen LogP contribution < -0.4 is 4.90 Å². The third kappa shape index (κ3) is 4.50. The molecule has 1 aliphatic rings. The van der Waals surface area contributed by atoms with Gasteiger partial charge in [-0.1, -0.05) is 23.7 Å². The number of halogens is 1. The molecule has 1 amide bonds. The van der Waals surface area contributed by atoms with E-state index in [4.69, 9.17) is 11.6 Å². The van der Waals surface area contributed by atoms with Crippen LogP contribution in [-0.2, 0) is 17.8 Å². The lowest BCUT2D eigenvalue weighted by molar-refractivity contribution is -0.917. The fourth-order valence-electron chi connectivity index (χ4n) is 4.33. The number of amides is 1. The largest absolute Gasteiger partial charge is 0.331 e. The molecule has 0 radical (unpaired) electrons. The molecule has 1 aromatic carbocycles. The number of hydrogen-bond donors (Lipinski definition) is 1. The van der Waals surface area contributed by atoms with E-state index in [0.29, 0.717) is 12.8 Å². The van der Waals surface area contributed by atoms with E-state index in [1.807, 2.05) is 41.5 Å². The van der Waals surface area contributed by atoms with E-state index in [9.17, 15) is 4.79 Å². The normalized spacial score (nSPS) is 15.1. The third-order valence-corrected chi connectivity index (χ3v) is 6.32. The number of benzene rings is 1. The minimum Gasteiger partial charge on any atom is -0.331 e. The number of carbonyl (C=O) groups is 1. The maximum atomic E-state index is 12.8. The molecule has 0 bridgehead atoms. The maximum Gasteiger partial charge on any atom is 0.223 e. The van der Waals surface area contributed by atoms with Gasteiger partial charge in [0.2, 0.25) is 5.91 Å². The Balaban J connectivity index is 1.32. The summed E-state index contributed by atoms with van der Waals surface area (Å²) in [6, 6.07) is 10.0. The Morgan fingerprint density at radius 3 is 2.53 bits per heavy atom. The van der Waals surface area contributed by atoms with Crippen molar-refractivity contribution < 1.29 is 9.69 Å². The summed E-state index contributed by atoms with van der Waals surface area (Å²) >= 11 is 5.97. The number of aromatic nitrogens is 3. The van der Waals surface area contributed by atoms with Crippen LogP contribution >= 0.6 is 11.6 Å². The molecule has 1 aliphatic heterocycles. The molecule has 3 heterocycles. The summed E-state index contributed by atoms with van der Waals surface area (Å²) in [4.78, 5) is 21.0. The van der Waals surface area contributed by atoms with E-state index >= 15 is 0 Å². The second-order valence-electron chi connectivity index (χ2n) is 8.25. The predicted octanol–water partition coefficient (Wildman–Crippen LogP) is 2.17. The molecule has 0 saturated carbocycles. The quantitative estimate of drug-likeness (QED) is 0.680. The number of piperazine rings is 1. The molecule has 1 fully saturated rings. The highest BCUT2D eigenvalue weighted by Gasteiger charge is 2.24. The number of hydrogen-bond acceptors (Lipinski definition) is 3. The standard InChI is InChI=1S/C23H28ClN5O/c1-16-14-22-25-17(2)21(18(3)29(22)26-16)8-9-23(30)28-12-10-27(11-13-28)15-19-4-6-20(24)7-5-19/h4-7,14H,8-13,15H2,1-3H3/p+1. The van der Waals surface area contributed by atoms with Gasteiger partial charge in [-0.05, 0) is 44.9 Å². The first-order valence-corrected chi connectivity index (χ1v) is 11.0. The number of aryl methyl sites for hydroxylation is 3. The Hall–Kier alpha value is -2.44. The van der Waals surface area contributed by atoms with Crippen molar-refractivity contribution >= 4 is 23.2 Å². The Bertz CT molecular complexity index is 1050. The smallest absolute Gasteiger partial charge is 0.223 e. The lowest BCUT2D eigenvalue weighted by Gasteiger charge is -2.32. The molecule has 0 aliphatic carbocycles. The zero-order valence-corrected chi connectivity index (χ0v) is 18.7. The summed E-state index contributed by atoms with van der Waals surface area (Å²) in [7, 11) is 0. The molecule has 4 rings (SSSR count). The van der Waals surface area contributed by atoms with Crippen LogP contribution in [0.3, 0.4) is 0 Å². The second-order valence-corrected chi connectivity index (χ2v) is 8.69. The number of nitrogens with zero attached hydrogens (tertiary/aromatic N) is 4. The van der Waals surface area contributed by atoms with Gasteiger partial charge in [0.1, 0.15) is 6.54 Å². The van der Waals surface area contributed by atoms with E-state index < -0.39 is 0 Å². The molecule has 3 aromatic rings. The van der Waals surface area contributed by atoms with Crippen molar-refractivity contribution in [1.82, 2.24) is 19.5 Å². The van der Waals surface area contributed by atoms with Crippen molar-refractivity contribution in [3.05, 3.63) is 63.6 Å². The van der Waals surface area contributed by atoms with Crippen LogP contribution in [0.1, 0.15) is 34.6 Å². The number of nitrogens with one attached hydrogen (secondary N) is 1. The molecule has 1 saturated heterocycles. The lowest BCUT2D eigenvalue weighted by Crippen LogP contribution is -3.13. The van der Waals surface area contributed by atoms with Crippen molar-refractivity contribution in [2.45, 2.75) is 40.2 Å². The van der Waals surface area contributed by atoms with Crippen LogP contribution in [0.5, 0.6) is 0 Å². The third-order valence-electron chi connectivity index (χ3n) is 6.07. The van der Waals surface area contributed by atoms with Gasteiger partial charge in [0, 0.05) is 34.5 Å². The summed E-state index contributed by atoms with van der Waals surface area (Å²) < 4.78 is 1.89. The second kappa shape index (κ2) is 8.74. The van der Waals surface area contributed by atoms with Crippen LogP contribution in [0.4, 0.5) is 0 Å². The molecule has 6 nitrogen and oxygen atoms in total. The van der Waals surface area contributed by atoms with Crippen LogP contribution in [0, 0.1) is 20.8 Å². The highest BCUT2D eigenvalue weighted by atomic mass is 35.5. The number of quaternary nitrogens is 1. The van der Waals surface area contributed by atoms with Crippen LogP contribution in [0.15, 0.2) is 30.3 Å². The molecule has 1 N–H and O–H groups in total. The molecule has 7 heteroatoms. The van der Waals surface area contributed by atoms with E-state index in [2.05, 4.69) is 29.1 Å². The average molecular weight is 427 g/mol. The molecule has 30 heavy (non-hydrogen) atoms. The number of rotatable bonds is 5. The van der Waals surface area contributed by atoms with Crippen molar-refractivity contribution in [2.24, 2.45) is 0 Å². The Labute approximate surface area is 182 Å². The zero-order chi connectivity index (χ0) is 21.3. The Morgan fingerprint density at radius 1 is 1.13 bits per heavy atom. The minimum atomic E-state index is 0.232. The van der Waals surface area contributed by atoms with Crippen molar-refractivity contribution in [3.8, 4) is 0 Å². The van der Waals surface area contributed by atoms with Crippen molar-refractivity contribution in [1.29, 1.82) is 0 Å². The summed E-state index contributed by atoms with van der Waals surface area (Å²) in [5.41, 5.74) is 6.32. The topological polar surface area (TPSA) is 54.9 Å². The van der Waals surface area contributed by atoms with E-state index in [0.717, 1.165) is 66.0 Å². The van der Waals surface area contributed by atoms with Gasteiger partial charge in [-0.3, -0.25) is 4.79 Å². The van der Waals surface area contributed by atoms with Crippen LogP contribution in [0.25, 0.3) is 5.65 Å². The highest BCUT2D eigenvalue weighted by Crippen LogP contribution is 2.17. The molecular formula is C23H29ClN5O+. The highest BCUT2D eigenvalue weighted by molar-refractivity contribution is 6.30. The van der Waals surface area contributed by atoms with Crippen molar-refractivity contribution in [3.63, 3.8) is 0 Å². The maximum absolute atomic E-state index is 12.8. The fourth-order valence-corrected chi connectivity index (χ4v) is 4.46. The number of carbonyl (C=O) groups excluding carboxylic acids is 1. The molecule has 2 aromatic heterocycles. The van der Waals surface area contributed by atoms with E-state index in [1.54, 1.807) is 0 Å². The Morgan fingerprint density at radius 2 is 1.83 bits per heavy atom. The van der Waals surface area contributed by atoms with Crippen molar-refractivity contribution in [2.75, 3.05) is 26.2 Å². The summed E-state index contributed by atoms with van der Waals surface area (Å²) in [6.07, 6.45) is 1.22. The fraction of sp³-hybridized carbons (Fsp3) is 0.435. The summed E-state index contributed by atoms with van der Waals surface area (Å²) in [5.74, 6) is 0.232. The van der Waals surface area contributed by atoms with E-state index in [1.165, 1.54) is 10.5 Å². The molecule has 0 spiro atoms. The predicted molar refractivity (Wildman–Crippen MR) is 118 cm³/mol. The Kier molecular flexibility index (Phi) is 6.06. The van der Waals surface area contributed by atoms with Gasteiger partial charge in [0.05, 0.1) is 31.9 Å². The average Bonchev–Trinajstić information content (AvgIpc) is 3.10. The summed E-state index contributed by atoms with van der Waals surface area (Å²) in [5, 5.41) is 5.30. The first kappa shape index (κ1) is 20.8. The minimum absolute atomic E-state index is 0.232. The molecular weight excluding hydrogens is 398 g/mol. The first-order valence-electron chi connectivity index (χ1n) is 10.6. The van der Waals surface area contributed by atoms with Gasteiger partial charge in [-0.25, -0.2) is 9.50 Å². The van der Waals surface area contributed by atoms with Gasteiger partial charge in [-0.2, -0.15) is 5.10 Å². The number of fused-ring (bicyclic) bond motifs is 1. The van der Waals surface area contributed by atoms with Gasteiger partial charge < -0.3 is 9.80 Å². The van der Waals surface area contributed by atoms with Crippen LogP contribution in [-0.4, -0.2) is 51.6 Å². The summed E-state index contributed by atoms with van der Waals surface area (Å²) in [6.45, 7) is 10.6. The molecule has 158 valence electrons. The lowest BCUT2D eigenvalue weighted by atomic mass is 10.1. The van der Waals surface area contributed by atoms with Crippen LogP contribution in [0.2, 0.25) is 5.02 Å². The first-order chi connectivity index (χ1) is 14.4. The monoisotopic (exact) mass is 426 g/mol. The van der Waals surface area contributed by atoms with Gasteiger partial charge >= 0.3 is 0 Å².